The highest BCUT2D eigenvalue weighted by Gasteiger charge is 2.48. The Morgan fingerprint density at radius 3 is 1.84 bits per heavy atom. The van der Waals surface area contributed by atoms with Crippen LogP contribution in [-0.2, 0) is 10.3 Å². The zero-order valence-electron chi connectivity index (χ0n) is 13.1. The first-order chi connectivity index (χ1) is 12.0. The summed E-state index contributed by atoms with van der Waals surface area (Å²) in [5, 5.41) is 19.2. The van der Waals surface area contributed by atoms with E-state index in [-0.39, 0.29) is 11.5 Å². The number of carbonyl (C=O) groups is 1. The Labute approximate surface area is 143 Å². The van der Waals surface area contributed by atoms with Crippen molar-refractivity contribution in [3.8, 4) is 11.5 Å². The molecule has 5 heteroatoms. The van der Waals surface area contributed by atoms with Gasteiger partial charge in [0, 0.05) is 22.4 Å². The van der Waals surface area contributed by atoms with Gasteiger partial charge in [0.15, 0.2) is 5.60 Å². The van der Waals surface area contributed by atoms with Gasteiger partial charge in [0.1, 0.15) is 11.5 Å². The molecule has 4 rings (SSSR count). The van der Waals surface area contributed by atoms with Crippen molar-refractivity contribution in [3.05, 3.63) is 89.0 Å². The van der Waals surface area contributed by atoms with E-state index in [4.69, 9.17) is 10.5 Å². The number of fused-ring (bicyclic) bond motifs is 1. The first-order valence-electron chi connectivity index (χ1n) is 7.73. The maximum absolute atomic E-state index is 12.5. The molecule has 0 aromatic heterocycles. The quantitative estimate of drug-likeness (QED) is 0.495. The number of carbonyl (C=O) groups excluding carboxylic acids is 1. The summed E-state index contributed by atoms with van der Waals surface area (Å²) < 4.78 is 5.87. The average molecular weight is 333 g/mol. The van der Waals surface area contributed by atoms with Crippen molar-refractivity contribution in [2.75, 3.05) is 5.73 Å². The molecule has 1 aliphatic heterocycles. The molecule has 0 bridgehead atoms. The minimum atomic E-state index is -1.19. The van der Waals surface area contributed by atoms with Crippen molar-refractivity contribution in [1.82, 2.24) is 0 Å². The molecule has 0 fully saturated rings. The average Bonchev–Trinajstić information content (AvgIpc) is 2.89. The van der Waals surface area contributed by atoms with Crippen LogP contribution >= 0.6 is 0 Å². The topological polar surface area (TPSA) is 92.8 Å². The van der Waals surface area contributed by atoms with Crippen LogP contribution in [0.2, 0.25) is 0 Å². The van der Waals surface area contributed by atoms with E-state index in [0.29, 0.717) is 27.9 Å². The van der Waals surface area contributed by atoms with Gasteiger partial charge in [0.25, 0.3) is 0 Å². The van der Waals surface area contributed by atoms with Crippen LogP contribution in [0.4, 0.5) is 5.69 Å². The number of ether oxygens (including phenoxy) is 1. The SMILES string of the molecule is Nc1ccc2c(c1)C(c1ccc(O)cc1)(c1ccc(O)cc1)OC2=O. The highest BCUT2D eigenvalue weighted by molar-refractivity contribution is 5.97. The van der Waals surface area contributed by atoms with Gasteiger partial charge in [-0.15, -0.1) is 0 Å². The lowest BCUT2D eigenvalue weighted by molar-refractivity contribution is 0.0251. The number of anilines is 1. The molecule has 124 valence electrons. The van der Waals surface area contributed by atoms with Crippen LogP contribution in [-0.4, -0.2) is 16.2 Å². The molecule has 0 atom stereocenters. The Kier molecular flexibility index (Phi) is 3.18. The fraction of sp³-hybridized carbons (Fsp3) is 0.0500. The van der Waals surface area contributed by atoms with E-state index in [2.05, 4.69) is 0 Å². The largest absolute Gasteiger partial charge is 0.508 e. The molecule has 0 radical (unpaired) electrons. The van der Waals surface area contributed by atoms with Crippen molar-refractivity contribution in [1.29, 1.82) is 0 Å². The first-order valence-corrected chi connectivity index (χ1v) is 7.73. The molecule has 3 aromatic carbocycles. The van der Waals surface area contributed by atoms with Crippen LogP contribution in [0.25, 0.3) is 0 Å². The molecule has 0 saturated heterocycles. The monoisotopic (exact) mass is 333 g/mol. The van der Waals surface area contributed by atoms with Gasteiger partial charge in [0.2, 0.25) is 0 Å². The second-order valence-corrected chi connectivity index (χ2v) is 5.97. The summed E-state index contributed by atoms with van der Waals surface area (Å²) in [4.78, 5) is 12.5. The van der Waals surface area contributed by atoms with E-state index < -0.39 is 11.6 Å². The Morgan fingerprint density at radius 2 is 1.32 bits per heavy atom. The van der Waals surface area contributed by atoms with Gasteiger partial charge in [-0.05, 0) is 42.5 Å². The van der Waals surface area contributed by atoms with Crippen LogP contribution in [0, 0.1) is 0 Å². The summed E-state index contributed by atoms with van der Waals surface area (Å²) in [6, 6.07) is 18.0. The van der Waals surface area contributed by atoms with Crippen LogP contribution in [0.5, 0.6) is 11.5 Å². The predicted molar refractivity (Wildman–Crippen MR) is 92.4 cm³/mol. The third-order valence-electron chi connectivity index (χ3n) is 4.44. The van der Waals surface area contributed by atoms with Crippen molar-refractivity contribution < 1.29 is 19.7 Å². The second-order valence-electron chi connectivity index (χ2n) is 5.97. The fourth-order valence-electron chi connectivity index (χ4n) is 3.27. The molecular weight excluding hydrogens is 318 g/mol. The smallest absolute Gasteiger partial charge is 0.340 e. The molecule has 0 unspecified atom stereocenters. The summed E-state index contributed by atoms with van der Waals surface area (Å²) in [5.74, 6) is -0.223. The predicted octanol–water partition coefficient (Wildman–Crippen LogP) is 3.14. The molecule has 25 heavy (non-hydrogen) atoms. The van der Waals surface area contributed by atoms with E-state index in [1.165, 1.54) is 24.3 Å². The Hall–Kier alpha value is -3.47. The van der Waals surface area contributed by atoms with Crippen molar-refractivity contribution in [2.24, 2.45) is 0 Å². The van der Waals surface area contributed by atoms with Gasteiger partial charge in [0.05, 0.1) is 5.56 Å². The summed E-state index contributed by atoms with van der Waals surface area (Å²) in [6.45, 7) is 0. The number of nitrogen functional groups attached to an aromatic ring is 1. The highest BCUT2D eigenvalue weighted by atomic mass is 16.6. The fourth-order valence-corrected chi connectivity index (χ4v) is 3.27. The second kappa shape index (κ2) is 5.27. The number of nitrogens with two attached hydrogens (primary N) is 1. The van der Waals surface area contributed by atoms with Crippen LogP contribution in [0.1, 0.15) is 27.0 Å². The van der Waals surface area contributed by atoms with Gasteiger partial charge in [-0.1, -0.05) is 24.3 Å². The molecule has 3 aromatic rings. The molecule has 4 N–H and O–H groups in total. The number of esters is 1. The number of rotatable bonds is 2. The lowest BCUT2D eigenvalue weighted by atomic mass is 9.79. The number of phenolic OH excluding ortho intramolecular Hbond substituents is 2. The summed E-state index contributed by atoms with van der Waals surface area (Å²) in [7, 11) is 0. The van der Waals surface area contributed by atoms with Crippen LogP contribution < -0.4 is 5.73 Å². The summed E-state index contributed by atoms with van der Waals surface area (Å²) in [5.41, 5.74) is 7.70. The molecular formula is C20H15NO4. The number of phenols is 2. The van der Waals surface area contributed by atoms with Gasteiger partial charge >= 0.3 is 5.97 Å². The number of cyclic esters (lactones) is 1. The Balaban J connectivity index is 2.05. The number of aromatic hydroxyl groups is 2. The molecule has 0 aliphatic carbocycles. The third-order valence-corrected chi connectivity index (χ3v) is 4.44. The summed E-state index contributed by atoms with van der Waals surface area (Å²) in [6.07, 6.45) is 0. The summed E-state index contributed by atoms with van der Waals surface area (Å²) >= 11 is 0. The van der Waals surface area contributed by atoms with Crippen LogP contribution in [0.3, 0.4) is 0 Å². The Morgan fingerprint density at radius 1 is 0.800 bits per heavy atom. The maximum atomic E-state index is 12.5. The maximum Gasteiger partial charge on any atom is 0.340 e. The zero-order valence-corrected chi connectivity index (χ0v) is 13.1. The van der Waals surface area contributed by atoms with E-state index in [9.17, 15) is 15.0 Å². The van der Waals surface area contributed by atoms with Crippen molar-refractivity contribution >= 4 is 11.7 Å². The van der Waals surface area contributed by atoms with E-state index in [1.54, 1.807) is 42.5 Å². The van der Waals surface area contributed by atoms with Crippen molar-refractivity contribution in [3.63, 3.8) is 0 Å². The van der Waals surface area contributed by atoms with Gasteiger partial charge < -0.3 is 20.7 Å². The van der Waals surface area contributed by atoms with E-state index in [0.717, 1.165) is 0 Å². The molecule has 1 heterocycles. The number of hydrogen-bond acceptors (Lipinski definition) is 5. The third kappa shape index (κ3) is 2.21. The number of benzene rings is 3. The Bertz CT molecular complexity index is 916. The van der Waals surface area contributed by atoms with Gasteiger partial charge in [-0.3, -0.25) is 0 Å². The van der Waals surface area contributed by atoms with Crippen molar-refractivity contribution in [2.45, 2.75) is 5.60 Å². The molecule has 0 amide bonds. The lowest BCUT2D eigenvalue weighted by Gasteiger charge is -2.30. The molecule has 1 aliphatic rings. The van der Waals surface area contributed by atoms with Gasteiger partial charge in [-0.2, -0.15) is 0 Å². The normalized spacial score (nSPS) is 14.8. The molecule has 0 spiro atoms. The van der Waals surface area contributed by atoms with Crippen LogP contribution in [0.15, 0.2) is 66.7 Å². The van der Waals surface area contributed by atoms with E-state index >= 15 is 0 Å². The molecule has 0 saturated carbocycles. The standard InChI is InChI=1S/C20H15NO4/c21-14-5-10-17-18(11-14)20(25-19(17)24,12-1-6-15(22)7-2-12)13-3-8-16(23)9-4-13/h1-11,22-23H,21H2. The zero-order chi connectivity index (χ0) is 17.6. The minimum absolute atomic E-state index is 0.113. The number of hydrogen-bond donors (Lipinski definition) is 3. The highest BCUT2D eigenvalue weighted by Crippen LogP contribution is 2.47. The lowest BCUT2D eigenvalue weighted by Crippen LogP contribution is -2.29. The van der Waals surface area contributed by atoms with E-state index in [1.807, 2.05) is 0 Å². The van der Waals surface area contributed by atoms with Gasteiger partial charge in [-0.25, -0.2) is 4.79 Å². The minimum Gasteiger partial charge on any atom is -0.508 e. The molecule has 5 nitrogen and oxygen atoms in total. The first kappa shape index (κ1) is 15.1.